The van der Waals surface area contributed by atoms with Crippen LogP contribution in [0.2, 0.25) is 0 Å². The lowest BCUT2D eigenvalue weighted by molar-refractivity contribution is 0.320. The minimum Gasteiger partial charge on any atom is -0.267 e. The zero-order chi connectivity index (χ0) is 9.45. The van der Waals surface area contributed by atoms with Crippen LogP contribution in [0, 0.1) is 11.8 Å². The highest BCUT2D eigenvalue weighted by Gasteiger charge is 2.02. The number of unbranched alkanes of at least 4 members (excludes halogenated alkanes) is 1. The van der Waals surface area contributed by atoms with Gasteiger partial charge in [0.1, 0.15) is 0 Å². The lowest BCUT2D eigenvalue weighted by Gasteiger charge is -1.97. The molecule has 0 rings (SSSR count). The summed E-state index contributed by atoms with van der Waals surface area (Å²) in [6.07, 6.45) is 1.27. The van der Waals surface area contributed by atoms with Crippen molar-refractivity contribution in [2.45, 2.75) is 19.8 Å². The van der Waals surface area contributed by atoms with E-state index in [0.717, 1.165) is 5.41 Å². The van der Waals surface area contributed by atoms with Gasteiger partial charge in [0.05, 0.1) is 12.0 Å². The molecule has 0 heterocycles. The molecule has 0 spiro atoms. The average molecular weight is 188 g/mol. The zero-order valence-corrected chi connectivity index (χ0v) is 7.86. The first-order valence-corrected chi connectivity index (χ1v) is 5.01. The summed E-state index contributed by atoms with van der Waals surface area (Å²) in [7, 11) is -3.49. The van der Waals surface area contributed by atoms with Gasteiger partial charge in [-0.15, -0.1) is 11.8 Å². The van der Waals surface area contributed by atoms with Crippen LogP contribution in [0.15, 0.2) is 12.0 Å². The van der Waals surface area contributed by atoms with E-state index in [2.05, 4.69) is 22.6 Å². The second kappa shape index (κ2) is 5.81. The van der Waals surface area contributed by atoms with Crippen LogP contribution in [0.1, 0.15) is 19.8 Å². The van der Waals surface area contributed by atoms with Crippen LogP contribution in [0.25, 0.3) is 0 Å². The van der Waals surface area contributed by atoms with Crippen molar-refractivity contribution in [1.29, 1.82) is 0 Å². The van der Waals surface area contributed by atoms with Crippen LogP contribution >= 0.6 is 0 Å². The van der Waals surface area contributed by atoms with Gasteiger partial charge in [-0.25, -0.2) is 0 Å². The number of rotatable bonds is 5. The Morgan fingerprint density at radius 2 is 2.25 bits per heavy atom. The molecule has 0 aliphatic heterocycles. The van der Waals surface area contributed by atoms with E-state index < -0.39 is 10.1 Å². The first-order chi connectivity index (χ1) is 5.62. The van der Waals surface area contributed by atoms with E-state index in [1.54, 1.807) is 6.92 Å². The highest BCUT2D eigenvalue weighted by atomic mass is 32.2. The Kier molecular flexibility index (Phi) is 5.43. The minimum atomic E-state index is -3.49. The summed E-state index contributed by atoms with van der Waals surface area (Å²) >= 11 is 0. The van der Waals surface area contributed by atoms with Crippen LogP contribution in [0.4, 0.5) is 0 Å². The van der Waals surface area contributed by atoms with Crippen molar-refractivity contribution < 1.29 is 12.6 Å². The summed E-state index contributed by atoms with van der Waals surface area (Å²) < 4.78 is 25.8. The molecule has 0 saturated heterocycles. The van der Waals surface area contributed by atoms with E-state index in [1.807, 2.05) is 0 Å². The maximum Gasteiger partial charge on any atom is 0.289 e. The molecular formula is C8H12O3S. The van der Waals surface area contributed by atoms with Crippen LogP contribution in [-0.4, -0.2) is 15.0 Å². The van der Waals surface area contributed by atoms with Crippen molar-refractivity contribution in [3.05, 3.63) is 12.0 Å². The molecule has 12 heavy (non-hydrogen) atoms. The van der Waals surface area contributed by atoms with Crippen LogP contribution in [-0.2, 0) is 14.3 Å². The molecule has 0 saturated carbocycles. The molecule has 3 nitrogen and oxygen atoms in total. The Labute approximate surface area is 73.6 Å². The van der Waals surface area contributed by atoms with Gasteiger partial charge in [-0.05, 0) is 13.3 Å². The molecule has 68 valence electrons. The molecule has 0 aliphatic rings. The van der Waals surface area contributed by atoms with Gasteiger partial charge in [-0.1, -0.05) is 6.58 Å². The first-order valence-electron chi connectivity index (χ1n) is 3.54. The van der Waals surface area contributed by atoms with E-state index in [9.17, 15) is 8.42 Å². The van der Waals surface area contributed by atoms with Gasteiger partial charge < -0.3 is 0 Å². The summed E-state index contributed by atoms with van der Waals surface area (Å²) in [5.74, 6) is 5.51. The van der Waals surface area contributed by atoms with Gasteiger partial charge in [-0.2, -0.15) is 8.42 Å². The van der Waals surface area contributed by atoms with Gasteiger partial charge in [-0.3, -0.25) is 4.18 Å². The highest BCUT2D eigenvalue weighted by molar-refractivity contribution is 7.89. The van der Waals surface area contributed by atoms with Crippen LogP contribution in [0.3, 0.4) is 0 Å². The van der Waals surface area contributed by atoms with Gasteiger partial charge >= 0.3 is 0 Å². The number of hydrogen-bond acceptors (Lipinski definition) is 3. The molecule has 0 aromatic carbocycles. The monoisotopic (exact) mass is 188 g/mol. The molecule has 0 aromatic rings. The fourth-order valence-electron chi connectivity index (χ4n) is 0.509. The third-order valence-corrected chi connectivity index (χ3v) is 1.98. The van der Waals surface area contributed by atoms with E-state index in [4.69, 9.17) is 0 Å². The third-order valence-electron chi connectivity index (χ3n) is 1.07. The van der Waals surface area contributed by atoms with Crippen LogP contribution < -0.4 is 0 Å². The smallest absolute Gasteiger partial charge is 0.267 e. The summed E-state index contributed by atoms with van der Waals surface area (Å²) in [6.45, 7) is 5.01. The molecule has 0 atom stereocenters. The molecule has 4 heteroatoms. The van der Waals surface area contributed by atoms with Crippen molar-refractivity contribution in [2.24, 2.45) is 0 Å². The molecular weight excluding hydrogens is 176 g/mol. The van der Waals surface area contributed by atoms with Gasteiger partial charge in [0.25, 0.3) is 10.1 Å². The third kappa shape index (κ3) is 5.96. The van der Waals surface area contributed by atoms with E-state index in [1.165, 1.54) is 0 Å². The molecule has 0 amide bonds. The largest absolute Gasteiger partial charge is 0.289 e. The quantitative estimate of drug-likeness (QED) is 0.371. The zero-order valence-electron chi connectivity index (χ0n) is 7.04. The second-order valence-corrected chi connectivity index (χ2v) is 3.57. The maximum atomic E-state index is 10.7. The maximum absolute atomic E-state index is 10.7. The van der Waals surface area contributed by atoms with Gasteiger partial charge in [0.15, 0.2) is 0 Å². The molecule has 0 fully saturated rings. The summed E-state index contributed by atoms with van der Waals surface area (Å²) in [5, 5.41) is 0.790. The lowest BCUT2D eigenvalue weighted by Crippen LogP contribution is -2.02. The molecule has 0 unspecified atom stereocenters. The number of hydrogen-bond donors (Lipinski definition) is 0. The summed E-state index contributed by atoms with van der Waals surface area (Å²) in [6, 6.07) is 0. The summed E-state index contributed by atoms with van der Waals surface area (Å²) in [4.78, 5) is 0. The molecule has 0 aliphatic carbocycles. The molecule has 0 N–H and O–H groups in total. The SMILES string of the molecule is C=CS(=O)(=O)OCCCC#CC. The molecule has 0 aromatic heterocycles. The second-order valence-electron chi connectivity index (χ2n) is 2.01. The van der Waals surface area contributed by atoms with E-state index in [0.29, 0.717) is 12.8 Å². The minimum absolute atomic E-state index is 0.170. The van der Waals surface area contributed by atoms with Gasteiger partial charge in [0, 0.05) is 6.42 Å². The molecule has 0 bridgehead atoms. The first kappa shape index (κ1) is 11.2. The van der Waals surface area contributed by atoms with Crippen molar-refractivity contribution in [3.63, 3.8) is 0 Å². The van der Waals surface area contributed by atoms with Gasteiger partial charge in [0.2, 0.25) is 0 Å². The highest BCUT2D eigenvalue weighted by Crippen LogP contribution is 1.96. The Bertz CT molecular complexity index is 279. The Balaban J connectivity index is 3.55. The van der Waals surface area contributed by atoms with Crippen molar-refractivity contribution in [2.75, 3.05) is 6.61 Å². The van der Waals surface area contributed by atoms with Crippen molar-refractivity contribution in [3.8, 4) is 11.8 Å². The van der Waals surface area contributed by atoms with Crippen molar-refractivity contribution in [1.82, 2.24) is 0 Å². The van der Waals surface area contributed by atoms with Crippen LogP contribution in [0.5, 0.6) is 0 Å². The van der Waals surface area contributed by atoms with E-state index >= 15 is 0 Å². The predicted octanol–water partition coefficient (Wildman–Crippen LogP) is 1.28. The lowest BCUT2D eigenvalue weighted by atomic mass is 10.3. The Morgan fingerprint density at radius 1 is 1.58 bits per heavy atom. The standard InChI is InChI=1S/C8H12O3S/c1-3-5-6-7-8-11-12(9,10)4-2/h4H,2,6-8H2,1H3. The Morgan fingerprint density at radius 3 is 2.75 bits per heavy atom. The normalized spacial score (nSPS) is 10.1. The fraction of sp³-hybridized carbons (Fsp3) is 0.500. The molecule has 0 radical (unpaired) electrons. The Hall–Kier alpha value is -0.790. The van der Waals surface area contributed by atoms with E-state index in [-0.39, 0.29) is 6.61 Å². The fourth-order valence-corrected chi connectivity index (χ4v) is 0.955. The van der Waals surface area contributed by atoms with Crippen molar-refractivity contribution >= 4 is 10.1 Å². The predicted molar refractivity (Wildman–Crippen MR) is 47.8 cm³/mol. The summed E-state index contributed by atoms with van der Waals surface area (Å²) in [5.41, 5.74) is 0. The topological polar surface area (TPSA) is 43.4 Å². The average Bonchev–Trinajstić information content (AvgIpc) is 2.04.